The lowest BCUT2D eigenvalue weighted by atomic mass is 10.1. The van der Waals surface area contributed by atoms with Crippen LogP contribution in [0.1, 0.15) is 11.5 Å². The van der Waals surface area contributed by atoms with Crippen molar-refractivity contribution in [2.45, 2.75) is 13.5 Å². The first-order valence-electron chi connectivity index (χ1n) is 6.70. The van der Waals surface area contributed by atoms with Crippen LogP contribution in [0.4, 0.5) is 0 Å². The number of aryl methyl sites for hydroxylation is 3. The SMILES string of the molecule is CNCc1c(-c2ccc3c(c2)nc(C)n3C)ncn1C. The van der Waals surface area contributed by atoms with Crippen LogP contribution < -0.4 is 5.32 Å². The maximum atomic E-state index is 4.59. The molecule has 3 aromatic rings. The Morgan fingerprint density at radius 1 is 1.25 bits per heavy atom. The molecule has 5 heteroatoms. The molecule has 0 spiro atoms. The summed E-state index contributed by atoms with van der Waals surface area (Å²) < 4.78 is 4.16. The summed E-state index contributed by atoms with van der Waals surface area (Å²) in [5.74, 6) is 1.02. The maximum Gasteiger partial charge on any atom is 0.106 e. The largest absolute Gasteiger partial charge is 0.336 e. The van der Waals surface area contributed by atoms with Crippen molar-refractivity contribution >= 4 is 11.0 Å². The summed E-state index contributed by atoms with van der Waals surface area (Å²) in [7, 11) is 6.01. The van der Waals surface area contributed by atoms with Gasteiger partial charge in [-0.3, -0.25) is 0 Å². The molecule has 0 fully saturated rings. The molecule has 0 aliphatic rings. The van der Waals surface area contributed by atoms with E-state index in [0.717, 1.165) is 34.7 Å². The van der Waals surface area contributed by atoms with Crippen LogP contribution in [0, 0.1) is 6.92 Å². The van der Waals surface area contributed by atoms with Crippen molar-refractivity contribution in [3.63, 3.8) is 0 Å². The molecule has 5 nitrogen and oxygen atoms in total. The van der Waals surface area contributed by atoms with Gasteiger partial charge in [-0.05, 0) is 26.1 Å². The number of imidazole rings is 2. The van der Waals surface area contributed by atoms with Gasteiger partial charge < -0.3 is 14.5 Å². The van der Waals surface area contributed by atoms with Crippen LogP contribution >= 0.6 is 0 Å². The number of fused-ring (bicyclic) bond motifs is 1. The monoisotopic (exact) mass is 269 g/mol. The predicted octanol–water partition coefficient (Wildman–Crippen LogP) is 2.00. The van der Waals surface area contributed by atoms with Gasteiger partial charge in [-0.1, -0.05) is 6.07 Å². The fourth-order valence-electron chi connectivity index (χ4n) is 2.54. The summed E-state index contributed by atoms with van der Waals surface area (Å²) in [5, 5.41) is 3.19. The zero-order chi connectivity index (χ0) is 14.3. The molecular weight excluding hydrogens is 250 g/mol. The standard InChI is InChI=1S/C15H19N5/c1-10-18-12-7-11(5-6-13(12)20(10)4)15-14(8-16-2)19(3)9-17-15/h5-7,9,16H,8H2,1-4H3. The van der Waals surface area contributed by atoms with E-state index in [1.54, 1.807) is 0 Å². The van der Waals surface area contributed by atoms with Crippen LogP contribution in [-0.4, -0.2) is 26.1 Å². The molecule has 0 amide bonds. The number of benzene rings is 1. The highest BCUT2D eigenvalue weighted by Crippen LogP contribution is 2.26. The van der Waals surface area contributed by atoms with E-state index in [1.807, 2.05) is 34.4 Å². The molecule has 0 aliphatic carbocycles. The van der Waals surface area contributed by atoms with Gasteiger partial charge in [-0.2, -0.15) is 0 Å². The van der Waals surface area contributed by atoms with E-state index < -0.39 is 0 Å². The number of hydrogen-bond acceptors (Lipinski definition) is 3. The molecule has 0 radical (unpaired) electrons. The Bertz CT molecular complexity index is 766. The fraction of sp³-hybridized carbons (Fsp3) is 0.333. The van der Waals surface area contributed by atoms with Crippen LogP contribution in [0.5, 0.6) is 0 Å². The van der Waals surface area contributed by atoms with Gasteiger partial charge >= 0.3 is 0 Å². The molecule has 2 aromatic heterocycles. The summed E-state index contributed by atoms with van der Waals surface area (Å²) in [5.41, 5.74) is 5.48. The van der Waals surface area contributed by atoms with Crippen molar-refractivity contribution in [2.24, 2.45) is 14.1 Å². The molecular formula is C15H19N5. The first-order chi connectivity index (χ1) is 9.61. The van der Waals surface area contributed by atoms with Gasteiger partial charge in [0, 0.05) is 26.2 Å². The molecule has 104 valence electrons. The first kappa shape index (κ1) is 12.9. The molecule has 20 heavy (non-hydrogen) atoms. The van der Waals surface area contributed by atoms with Crippen molar-refractivity contribution in [2.75, 3.05) is 7.05 Å². The van der Waals surface area contributed by atoms with E-state index in [2.05, 4.69) is 42.6 Å². The Kier molecular flexibility index (Phi) is 3.06. The molecule has 0 saturated carbocycles. The van der Waals surface area contributed by atoms with Crippen molar-refractivity contribution in [1.29, 1.82) is 0 Å². The van der Waals surface area contributed by atoms with Crippen molar-refractivity contribution in [3.8, 4) is 11.3 Å². The molecule has 1 aromatic carbocycles. The number of nitrogens with one attached hydrogen (secondary N) is 1. The summed E-state index contributed by atoms with van der Waals surface area (Å²) in [4.78, 5) is 9.12. The summed E-state index contributed by atoms with van der Waals surface area (Å²) in [6.07, 6.45) is 1.86. The Morgan fingerprint density at radius 3 is 2.80 bits per heavy atom. The van der Waals surface area contributed by atoms with Gasteiger partial charge in [0.1, 0.15) is 5.82 Å². The molecule has 0 atom stereocenters. The van der Waals surface area contributed by atoms with Crippen molar-refractivity contribution in [3.05, 3.63) is 36.0 Å². The molecule has 2 heterocycles. The van der Waals surface area contributed by atoms with Gasteiger partial charge in [0.25, 0.3) is 0 Å². The third-order valence-electron chi connectivity index (χ3n) is 3.78. The molecule has 0 bridgehead atoms. The van der Waals surface area contributed by atoms with E-state index in [9.17, 15) is 0 Å². The van der Waals surface area contributed by atoms with Crippen LogP contribution in [0.15, 0.2) is 24.5 Å². The first-order valence-corrected chi connectivity index (χ1v) is 6.70. The predicted molar refractivity (Wildman–Crippen MR) is 80.4 cm³/mol. The molecule has 1 N–H and O–H groups in total. The quantitative estimate of drug-likeness (QED) is 0.791. The van der Waals surface area contributed by atoms with E-state index in [-0.39, 0.29) is 0 Å². The van der Waals surface area contributed by atoms with E-state index in [4.69, 9.17) is 0 Å². The minimum Gasteiger partial charge on any atom is -0.336 e. The minimum absolute atomic E-state index is 0.797. The summed E-state index contributed by atoms with van der Waals surface area (Å²) >= 11 is 0. The van der Waals surface area contributed by atoms with Gasteiger partial charge in [0.2, 0.25) is 0 Å². The Morgan fingerprint density at radius 2 is 2.05 bits per heavy atom. The second-order valence-electron chi connectivity index (χ2n) is 5.10. The Balaban J connectivity index is 2.15. The highest BCUT2D eigenvalue weighted by atomic mass is 15.1. The van der Waals surface area contributed by atoms with Gasteiger partial charge in [-0.25, -0.2) is 9.97 Å². The third-order valence-corrected chi connectivity index (χ3v) is 3.78. The lowest BCUT2D eigenvalue weighted by Gasteiger charge is -2.06. The lowest BCUT2D eigenvalue weighted by molar-refractivity contribution is 0.735. The number of rotatable bonds is 3. The molecule has 0 saturated heterocycles. The van der Waals surface area contributed by atoms with Crippen molar-refractivity contribution in [1.82, 2.24) is 24.4 Å². The van der Waals surface area contributed by atoms with Gasteiger partial charge in [0.05, 0.1) is 28.7 Å². The van der Waals surface area contributed by atoms with E-state index in [1.165, 1.54) is 5.69 Å². The maximum absolute atomic E-state index is 4.59. The van der Waals surface area contributed by atoms with Crippen LogP contribution in [0.2, 0.25) is 0 Å². The van der Waals surface area contributed by atoms with Gasteiger partial charge in [-0.15, -0.1) is 0 Å². The molecule has 0 aliphatic heterocycles. The number of aromatic nitrogens is 4. The van der Waals surface area contributed by atoms with Crippen molar-refractivity contribution < 1.29 is 0 Å². The second kappa shape index (κ2) is 4.76. The lowest BCUT2D eigenvalue weighted by Crippen LogP contribution is -2.09. The van der Waals surface area contributed by atoms with Crippen LogP contribution in [0.25, 0.3) is 22.3 Å². The average Bonchev–Trinajstić information content (AvgIpc) is 2.92. The van der Waals surface area contributed by atoms with Gasteiger partial charge in [0.15, 0.2) is 0 Å². The summed E-state index contributed by atoms with van der Waals surface area (Å²) in [6, 6.07) is 6.34. The fourth-order valence-corrected chi connectivity index (χ4v) is 2.54. The van der Waals surface area contributed by atoms with Crippen LogP contribution in [-0.2, 0) is 20.6 Å². The topological polar surface area (TPSA) is 47.7 Å². The highest BCUT2D eigenvalue weighted by Gasteiger charge is 2.12. The minimum atomic E-state index is 0.797. The smallest absolute Gasteiger partial charge is 0.106 e. The zero-order valence-corrected chi connectivity index (χ0v) is 12.3. The Hall–Kier alpha value is -2.14. The molecule has 3 rings (SSSR count). The highest BCUT2D eigenvalue weighted by molar-refractivity contribution is 5.82. The summed E-state index contributed by atoms with van der Waals surface area (Å²) in [6.45, 7) is 2.82. The van der Waals surface area contributed by atoms with Crippen LogP contribution in [0.3, 0.4) is 0 Å². The number of hydrogen-bond donors (Lipinski definition) is 1. The van der Waals surface area contributed by atoms with E-state index in [0.29, 0.717) is 0 Å². The Labute approximate surface area is 118 Å². The van der Waals surface area contributed by atoms with E-state index >= 15 is 0 Å². The normalized spacial score (nSPS) is 11.4. The third kappa shape index (κ3) is 1.91. The molecule has 0 unspecified atom stereocenters. The second-order valence-corrected chi connectivity index (χ2v) is 5.10. The zero-order valence-electron chi connectivity index (χ0n) is 12.3. The number of nitrogens with zero attached hydrogens (tertiary/aromatic N) is 4. The average molecular weight is 269 g/mol.